The molecule has 1 aromatic heterocycles. The number of methoxy groups -OCH3 is 1. The third-order valence-corrected chi connectivity index (χ3v) is 5.28. The van der Waals surface area contributed by atoms with Gasteiger partial charge in [0.1, 0.15) is 11.8 Å². The Hall–Kier alpha value is -2.34. The third-order valence-electron chi connectivity index (χ3n) is 5.28. The maximum absolute atomic E-state index is 11.3. The highest BCUT2D eigenvalue weighted by Gasteiger charge is 2.20. The van der Waals surface area contributed by atoms with E-state index >= 15 is 0 Å². The number of fused-ring (bicyclic) bond motifs is 1. The van der Waals surface area contributed by atoms with E-state index in [-0.39, 0.29) is 17.4 Å². The Morgan fingerprint density at radius 2 is 1.90 bits per heavy atom. The average Bonchev–Trinajstić information content (AvgIpc) is 2.65. The number of ether oxygens (including phenoxy) is 1. The molecule has 2 rings (SSSR count). The predicted octanol–water partition coefficient (Wildman–Crippen LogP) is 4.82. The molecule has 0 aliphatic carbocycles. The number of nitrogens with zero attached hydrogens (tertiary/aromatic N) is 1. The summed E-state index contributed by atoms with van der Waals surface area (Å²) in [6.45, 7) is 13.1. The first kappa shape index (κ1) is 23.9. The van der Waals surface area contributed by atoms with Gasteiger partial charge in [-0.3, -0.25) is 9.78 Å². The largest absolute Gasteiger partial charge is 0.497 e. The van der Waals surface area contributed by atoms with Crippen molar-refractivity contribution >= 4 is 22.6 Å². The molecule has 0 bridgehead atoms. The molecule has 1 aromatic carbocycles. The van der Waals surface area contributed by atoms with Crippen LogP contribution in [0.5, 0.6) is 5.75 Å². The summed E-state index contributed by atoms with van der Waals surface area (Å²) in [5.41, 5.74) is 2.92. The van der Waals surface area contributed by atoms with E-state index in [1.165, 1.54) is 0 Å². The van der Waals surface area contributed by atoms with Crippen molar-refractivity contribution < 1.29 is 14.6 Å². The quantitative estimate of drug-likeness (QED) is 0.483. The van der Waals surface area contributed by atoms with Crippen LogP contribution in [0.15, 0.2) is 24.3 Å². The number of aromatic nitrogens is 1. The Balaban J connectivity index is 2.10. The maximum atomic E-state index is 11.3. The molecule has 2 atom stereocenters. The Kier molecular flexibility index (Phi) is 8.07. The van der Waals surface area contributed by atoms with Crippen LogP contribution in [0, 0.1) is 5.92 Å². The van der Waals surface area contributed by atoms with Gasteiger partial charge in [-0.25, -0.2) is 0 Å². The van der Waals surface area contributed by atoms with Crippen LogP contribution in [0.3, 0.4) is 0 Å². The number of hydrogen-bond donors (Lipinski definition) is 3. The van der Waals surface area contributed by atoms with Gasteiger partial charge in [-0.15, -0.1) is 0 Å². The van der Waals surface area contributed by atoms with Crippen molar-refractivity contribution in [1.82, 2.24) is 10.3 Å². The molecule has 0 saturated carbocycles. The van der Waals surface area contributed by atoms with Crippen molar-refractivity contribution in [3.8, 4) is 5.75 Å². The summed E-state index contributed by atoms with van der Waals surface area (Å²) in [6.07, 6.45) is 1.79. The second kappa shape index (κ2) is 10.1. The molecule has 0 aliphatic rings. The van der Waals surface area contributed by atoms with Crippen LogP contribution in [0.4, 0.5) is 5.69 Å². The van der Waals surface area contributed by atoms with E-state index in [0.29, 0.717) is 6.54 Å². The smallest absolute Gasteiger partial charge is 0.320 e. The summed E-state index contributed by atoms with van der Waals surface area (Å²) < 4.78 is 5.48. The first-order chi connectivity index (χ1) is 14.0. The van der Waals surface area contributed by atoms with Gasteiger partial charge in [-0.1, -0.05) is 40.7 Å². The van der Waals surface area contributed by atoms with Crippen molar-refractivity contribution in [2.75, 3.05) is 19.0 Å². The van der Waals surface area contributed by atoms with E-state index in [1.54, 1.807) is 7.11 Å². The standard InChI is InChI=1S/C24H37N3O3/c1-15(2)21(23(28)29)25-12-8-9-16(3)26-19-14-18(30-7)13-17-10-11-20(24(4,5)6)27-22(17)19/h10-11,13-16,21,25-26H,8-9,12H2,1-7H3,(H,28,29). The van der Waals surface area contributed by atoms with Crippen LogP contribution in [0.1, 0.15) is 60.1 Å². The number of anilines is 1. The summed E-state index contributed by atoms with van der Waals surface area (Å²) in [6, 6.07) is 7.89. The molecule has 0 amide bonds. The Morgan fingerprint density at radius 3 is 2.47 bits per heavy atom. The van der Waals surface area contributed by atoms with Crippen molar-refractivity contribution in [2.45, 2.75) is 71.9 Å². The lowest BCUT2D eigenvalue weighted by atomic mass is 9.91. The number of pyridine rings is 1. The summed E-state index contributed by atoms with van der Waals surface area (Å²) in [7, 11) is 1.67. The van der Waals surface area contributed by atoms with Gasteiger partial charge in [0.25, 0.3) is 0 Å². The monoisotopic (exact) mass is 415 g/mol. The molecular weight excluding hydrogens is 378 g/mol. The van der Waals surface area contributed by atoms with E-state index in [0.717, 1.165) is 40.9 Å². The molecular formula is C24H37N3O3. The molecule has 1 heterocycles. The van der Waals surface area contributed by atoms with E-state index in [9.17, 15) is 9.90 Å². The normalized spacial score (nSPS) is 14.0. The minimum absolute atomic E-state index is 0.0280. The van der Waals surface area contributed by atoms with Crippen LogP contribution in [0.25, 0.3) is 10.9 Å². The first-order valence-electron chi connectivity index (χ1n) is 10.7. The van der Waals surface area contributed by atoms with Gasteiger partial charge in [-0.2, -0.15) is 0 Å². The number of carboxylic acids is 1. The van der Waals surface area contributed by atoms with Gasteiger partial charge in [0.2, 0.25) is 0 Å². The van der Waals surface area contributed by atoms with Gasteiger partial charge >= 0.3 is 5.97 Å². The average molecular weight is 416 g/mol. The zero-order valence-electron chi connectivity index (χ0n) is 19.4. The number of hydrogen-bond acceptors (Lipinski definition) is 5. The van der Waals surface area contributed by atoms with Crippen molar-refractivity contribution in [3.05, 3.63) is 30.0 Å². The molecule has 6 heteroatoms. The molecule has 0 fully saturated rings. The van der Waals surface area contributed by atoms with E-state index < -0.39 is 12.0 Å². The molecule has 0 saturated heterocycles. The molecule has 2 unspecified atom stereocenters. The number of rotatable bonds is 10. The predicted molar refractivity (Wildman–Crippen MR) is 124 cm³/mol. The lowest BCUT2D eigenvalue weighted by Gasteiger charge is -2.22. The SMILES string of the molecule is COc1cc(NC(C)CCCNC(C(=O)O)C(C)C)c2nc(C(C)(C)C)ccc2c1. The van der Waals surface area contributed by atoms with Gasteiger partial charge in [-0.05, 0) is 44.4 Å². The molecule has 6 nitrogen and oxygen atoms in total. The summed E-state index contributed by atoms with van der Waals surface area (Å²) >= 11 is 0. The minimum atomic E-state index is -0.792. The van der Waals surface area contributed by atoms with Gasteiger partial charge < -0.3 is 20.5 Å². The van der Waals surface area contributed by atoms with Crippen LogP contribution in [-0.2, 0) is 10.2 Å². The van der Waals surface area contributed by atoms with Gasteiger partial charge in [0.15, 0.2) is 0 Å². The number of aliphatic carboxylic acids is 1. The zero-order chi connectivity index (χ0) is 22.5. The summed E-state index contributed by atoms with van der Waals surface area (Å²) in [5.74, 6) is 0.0643. The fourth-order valence-electron chi connectivity index (χ4n) is 3.46. The summed E-state index contributed by atoms with van der Waals surface area (Å²) in [5, 5.41) is 17.1. The van der Waals surface area contributed by atoms with Crippen molar-refractivity contribution in [3.63, 3.8) is 0 Å². The fraction of sp³-hybridized carbons (Fsp3) is 0.583. The molecule has 30 heavy (non-hydrogen) atoms. The minimum Gasteiger partial charge on any atom is -0.497 e. The maximum Gasteiger partial charge on any atom is 0.320 e. The van der Waals surface area contributed by atoms with Crippen molar-refractivity contribution in [1.29, 1.82) is 0 Å². The topological polar surface area (TPSA) is 83.5 Å². The van der Waals surface area contributed by atoms with E-state index in [2.05, 4.69) is 50.5 Å². The molecule has 3 N–H and O–H groups in total. The number of carbonyl (C=O) groups is 1. The van der Waals surface area contributed by atoms with E-state index in [1.807, 2.05) is 26.0 Å². The third kappa shape index (κ3) is 6.33. The Bertz CT molecular complexity index is 859. The van der Waals surface area contributed by atoms with Crippen LogP contribution in [-0.4, -0.2) is 41.8 Å². The van der Waals surface area contributed by atoms with Crippen LogP contribution in [0.2, 0.25) is 0 Å². The molecule has 166 valence electrons. The lowest BCUT2D eigenvalue weighted by Crippen LogP contribution is -2.41. The highest BCUT2D eigenvalue weighted by molar-refractivity contribution is 5.92. The second-order valence-corrected chi connectivity index (χ2v) is 9.39. The summed E-state index contributed by atoms with van der Waals surface area (Å²) in [4.78, 5) is 16.2. The second-order valence-electron chi connectivity index (χ2n) is 9.39. The van der Waals surface area contributed by atoms with E-state index in [4.69, 9.17) is 9.72 Å². The number of nitrogens with one attached hydrogen (secondary N) is 2. The first-order valence-corrected chi connectivity index (χ1v) is 10.7. The highest BCUT2D eigenvalue weighted by atomic mass is 16.5. The molecule has 0 aliphatic heterocycles. The van der Waals surface area contributed by atoms with Crippen LogP contribution >= 0.6 is 0 Å². The lowest BCUT2D eigenvalue weighted by molar-refractivity contribution is -0.140. The van der Waals surface area contributed by atoms with Gasteiger partial charge in [0, 0.05) is 28.6 Å². The van der Waals surface area contributed by atoms with Crippen molar-refractivity contribution in [2.24, 2.45) is 5.92 Å². The highest BCUT2D eigenvalue weighted by Crippen LogP contribution is 2.31. The van der Waals surface area contributed by atoms with Crippen LogP contribution < -0.4 is 15.4 Å². The Labute approximate surface area is 180 Å². The number of benzene rings is 1. The van der Waals surface area contributed by atoms with Gasteiger partial charge in [0.05, 0.1) is 18.3 Å². The number of carboxylic acid groups (broad SMARTS) is 1. The Morgan fingerprint density at radius 1 is 1.20 bits per heavy atom. The zero-order valence-corrected chi connectivity index (χ0v) is 19.4. The fourth-order valence-corrected chi connectivity index (χ4v) is 3.46. The molecule has 0 radical (unpaired) electrons. The molecule has 0 spiro atoms. The molecule has 2 aromatic rings.